The molecule has 154 valence electrons. The Bertz CT molecular complexity index is 647. The molecule has 2 amide bonds. The van der Waals surface area contributed by atoms with E-state index in [9.17, 15) is 9.59 Å². The first-order valence-corrected chi connectivity index (χ1v) is 10.9. The molecule has 3 rings (SSSR count). The highest BCUT2D eigenvalue weighted by Crippen LogP contribution is 2.31. The van der Waals surface area contributed by atoms with Gasteiger partial charge in [0, 0.05) is 32.1 Å². The van der Waals surface area contributed by atoms with E-state index in [-0.39, 0.29) is 29.8 Å². The Balaban J connectivity index is 1.66. The summed E-state index contributed by atoms with van der Waals surface area (Å²) in [6.07, 6.45) is 4.69. The number of nitrogens with zero attached hydrogens (tertiary/aromatic N) is 2. The molecule has 5 nitrogen and oxygen atoms in total. The summed E-state index contributed by atoms with van der Waals surface area (Å²) in [5.41, 5.74) is 1.13. The fourth-order valence-electron chi connectivity index (χ4n) is 4.66. The van der Waals surface area contributed by atoms with Crippen LogP contribution in [-0.2, 0) is 9.59 Å². The van der Waals surface area contributed by atoms with Gasteiger partial charge in [-0.25, -0.2) is 0 Å². The summed E-state index contributed by atoms with van der Waals surface area (Å²) in [7, 11) is 0. The molecular formula is C23H35N3O2. The molecule has 0 spiro atoms. The molecule has 2 aliphatic rings. The molecule has 0 unspecified atom stereocenters. The maximum Gasteiger partial charge on any atom is 0.238 e. The summed E-state index contributed by atoms with van der Waals surface area (Å²) in [6, 6.07) is 10.1. The highest BCUT2D eigenvalue weighted by molar-refractivity contribution is 5.83. The Morgan fingerprint density at radius 3 is 2.14 bits per heavy atom. The molecule has 1 saturated carbocycles. The molecule has 0 radical (unpaired) electrons. The summed E-state index contributed by atoms with van der Waals surface area (Å²) < 4.78 is 0. The van der Waals surface area contributed by atoms with Gasteiger partial charge in [-0.2, -0.15) is 0 Å². The molecule has 1 saturated heterocycles. The lowest BCUT2D eigenvalue weighted by Crippen LogP contribution is -2.58. The number of nitrogens with one attached hydrogen (secondary N) is 1. The SMILES string of the molecule is CC(C)C(=O)N1CCN([C@@H](C(=O)N[C@H](C)c2ccccc2)C2CCCC2)CC1. The van der Waals surface area contributed by atoms with E-state index >= 15 is 0 Å². The third-order valence-corrected chi connectivity index (χ3v) is 6.29. The van der Waals surface area contributed by atoms with E-state index in [1.54, 1.807) is 0 Å². The predicted octanol–water partition coefficient (Wildman–Crippen LogP) is 3.22. The molecule has 1 aliphatic carbocycles. The fraction of sp³-hybridized carbons (Fsp3) is 0.652. The normalized spacial score (nSPS) is 20.9. The zero-order valence-electron chi connectivity index (χ0n) is 17.6. The van der Waals surface area contributed by atoms with Crippen LogP contribution in [0.5, 0.6) is 0 Å². The van der Waals surface area contributed by atoms with E-state index in [4.69, 9.17) is 0 Å². The van der Waals surface area contributed by atoms with Crippen LogP contribution in [0.25, 0.3) is 0 Å². The second kappa shape index (κ2) is 9.55. The third kappa shape index (κ3) is 4.93. The number of benzene rings is 1. The third-order valence-electron chi connectivity index (χ3n) is 6.29. The number of carbonyl (C=O) groups excluding carboxylic acids is 2. The van der Waals surface area contributed by atoms with Crippen molar-refractivity contribution in [3.05, 3.63) is 35.9 Å². The first-order chi connectivity index (χ1) is 13.5. The summed E-state index contributed by atoms with van der Waals surface area (Å²) in [5, 5.41) is 3.26. The van der Waals surface area contributed by atoms with Crippen molar-refractivity contribution in [1.82, 2.24) is 15.1 Å². The van der Waals surface area contributed by atoms with Crippen LogP contribution in [0.4, 0.5) is 0 Å². The van der Waals surface area contributed by atoms with Crippen molar-refractivity contribution in [3.8, 4) is 0 Å². The molecule has 0 bridgehead atoms. The van der Waals surface area contributed by atoms with Crippen molar-refractivity contribution in [1.29, 1.82) is 0 Å². The minimum atomic E-state index is -0.0787. The molecule has 5 heteroatoms. The lowest BCUT2D eigenvalue weighted by molar-refractivity contribution is -0.138. The van der Waals surface area contributed by atoms with Gasteiger partial charge in [0.2, 0.25) is 11.8 Å². The van der Waals surface area contributed by atoms with Crippen molar-refractivity contribution in [2.75, 3.05) is 26.2 Å². The van der Waals surface area contributed by atoms with Gasteiger partial charge in [-0.1, -0.05) is 57.0 Å². The second-order valence-electron chi connectivity index (χ2n) is 8.65. The topological polar surface area (TPSA) is 52.7 Å². The largest absolute Gasteiger partial charge is 0.348 e. The molecule has 28 heavy (non-hydrogen) atoms. The van der Waals surface area contributed by atoms with E-state index in [2.05, 4.69) is 29.3 Å². The van der Waals surface area contributed by atoms with Crippen LogP contribution in [0.3, 0.4) is 0 Å². The maximum absolute atomic E-state index is 13.3. The average molecular weight is 386 g/mol. The van der Waals surface area contributed by atoms with Crippen molar-refractivity contribution >= 4 is 11.8 Å². The summed E-state index contributed by atoms with van der Waals surface area (Å²) >= 11 is 0. The minimum Gasteiger partial charge on any atom is -0.348 e. The molecule has 1 heterocycles. The number of piperazine rings is 1. The summed E-state index contributed by atoms with van der Waals surface area (Å²) in [5.74, 6) is 0.827. The van der Waals surface area contributed by atoms with Gasteiger partial charge in [0.05, 0.1) is 12.1 Å². The summed E-state index contributed by atoms with van der Waals surface area (Å²) in [4.78, 5) is 29.9. The smallest absolute Gasteiger partial charge is 0.238 e. The average Bonchev–Trinajstić information content (AvgIpc) is 3.23. The van der Waals surface area contributed by atoms with Gasteiger partial charge in [-0.3, -0.25) is 14.5 Å². The van der Waals surface area contributed by atoms with E-state index in [1.807, 2.05) is 36.9 Å². The number of hydrogen-bond donors (Lipinski definition) is 1. The highest BCUT2D eigenvalue weighted by Gasteiger charge is 2.37. The maximum atomic E-state index is 13.3. The van der Waals surface area contributed by atoms with Crippen LogP contribution >= 0.6 is 0 Å². The molecule has 2 fully saturated rings. The highest BCUT2D eigenvalue weighted by atomic mass is 16.2. The monoisotopic (exact) mass is 385 g/mol. The molecule has 2 atom stereocenters. The lowest BCUT2D eigenvalue weighted by Gasteiger charge is -2.41. The van der Waals surface area contributed by atoms with Gasteiger partial charge in [0.1, 0.15) is 0 Å². The van der Waals surface area contributed by atoms with Crippen LogP contribution < -0.4 is 5.32 Å². The van der Waals surface area contributed by atoms with Crippen molar-refractivity contribution < 1.29 is 9.59 Å². The predicted molar refractivity (Wildman–Crippen MR) is 112 cm³/mol. The quantitative estimate of drug-likeness (QED) is 0.818. The van der Waals surface area contributed by atoms with Crippen molar-refractivity contribution in [2.45, 2.75) is 58.5 Å². The number of rotatable bonds is 6. The molecule has 0 aromatic heterocycles. The van der Waals surface area contributed by atoms with Gasteiger partial charge >= 0.3 is 0 Å². The molecule has 1 aliphatic heterocycles. The van der Waals surface area contributed by atoms with Crippen LogP contribution in [0.2, 0.25) is 0 Å². The zero-order chi connectivity index (χ0) is 20.1. The van der Waals surface area contributed by atoms with E-state index in [0.717, 1.165) is 44.6 Å². The molecule has 1 N–H and O–H groups in total. The van der Waals surface area contributed by atoms with Crippen LogP contribution in [-0.4, -0.2) is 53.8 Å². The van der Waals surface area contributed by atoms with Gasteiger partial charge in [0.25, 0.3) is 0 Å². The first kappa shape index (κ1) is 20.8. The summed E-state index contributed by atoms with van der Waals surface area (Å²) in [6.45, 7) is 8.98. The van der Waals surface area contributed by atoms with Crippen molar-refractivity contribution in [3.63, 3.8) is 0 Å². The van der Waals surface area contributed by atoms with Crippen LogP contribution in [0.1, 0.15) is 58.1 Å². The Labute approximate surface area is 169 Å². The fourth-order valence-corrected chi connectivity index (χ4v) is 4.66. The van der Waals surface area contributed by atoms with Crippen molar-refractivity contribution in [2.24, 2.45) is 11.8 Å². The Kier molecular flexibility index (Phi) is 7.11. The first-order valence-electron chi connectivity index (χ1n) is 10.9. The number of hydrogen-bond acceptors (Lipinski definition) is 3. The standard InChI is InChI=1S/C23H35N3O2/c1-17(2)23(28)26-15-13-25(14-16-26)21(20-11-7-8-12-20)22(27)24-18(3)19-9-5-4-6-10-19/h4-6,9-10,17-18,20-21H,7-8,11-16H2,1-3H3,(H,24,27)/t18-,21-/m1/s1. The number of carbonyl (C=O) groups is 2. The van der Waals surface area contributed by atoms with Gasteiger partial charge in [-0.05, 0) is 31.2 Å². The zero-order valence-corrected chi connectivity index (χ0v) is 17.6. The van der Waals surface area contributed by atoms with E-state index in [0.29, 0.717) is 5.92 Å². The molecule has 1 aromatic carbocycles. The van der Waals surface area contributed by atoms with E-state index < -0.39 is 0 Å². The molecule has 1 aromatic rings. The van der Waals surface area contributed by atoms with Gasteiger partial charge < -0.3 is 10.2 Å². The molecular weight excluding hydrogens is 350 g/mol. The van der Waals surface area contributed by atoms with E-state index in [1.165, 1.54) is 12.8 Å². The van der Waals surface area contributed by atoms with Crippen LogP contribution in [0.15, 0.2) is 30.3 Å². The Morgan fingerprint density at radius 2 is 1.57 bits per heavy atom. The Hall–Kier alpha value is -1.88. The Morgan fingerprint density at radius 1 is 0.964 bits per heavy atom. The number of amides is 2. The lowest BCUT2D eigenvalue weighted by atomic mass is 9.94. The van der Waals surface area contributed by atoms with Gasteiger partial charge in [-0.15, -0.1) is 0 Å². The second-order valence-corrected chi connectivity index (χ2v) is 8.65. The minimum absolute atomic E-state index is 0.00131. The van der Waals surface area contributed by atoms with Gasteiger partial charge in [0.15, 0.2) is 0 Å². The van der Waals surface area contributed by atoms with Crippen LogP contribution in [0, 0.1) is 11.8 Å².